The van der Waals surface area contributed by atoms with E-state index in [1.54, 1.807) is 0 Å². The normalized spacial score (nSPS) is 23.4. The van der Waals surface area contributed by atoms with Gasteiger partial charge in [0.2, 0.25) is 0 Å². The van der Waals surface area contributed by atoms with E-state index in [4.69, 9.17) is 6.57 Å². The minimum atomic E-state index is 0.720. The van der Waals surface area contributed by atoms with Crippen molar-refractivity contribution in [2.75, 3.05) is 0 Å². The largest absolute Gasteiger partial charge is 0.238 e. The number of hydrogen-bond acceptors (Lipinski definition) is 0. The summed E-state index contributed by atoms with van der Waals surface area (Å²) >= 11 is 0. The predicted octanol–water partition coefficient (Wildman–Crippen LogP) is 5.87. The van der Waals surface area contributed by atoms with E-state index in [-0.39, 0.29) is 0 Å². The molecule has 0 heterocycles. The van der Waals surface area contributed by atoms with Crippen molar-refractivity contribution in [2.45, 2.75) is 51.4 Å². The number of hydrogen-bond donors (Lipinski definition) is 0. The van der Waals surface area contributed by atoms with Crippen LogP contribution in [-0.2, 0) is 0 Å². The van der Waals surface area contributed by atoms with Gasteiger partial charge >= 0.3 is 0 Å². The number of rotatable bonds is 4. The van der Waals surface area contributed by atoms with Gasteiger partial charge in [0, 0.05) is 0 Å². The Kier molecular flexibility index (Phi) is 5.21. The molecular weight excluding hydrogens is 230 g/mol. The van der Waals surface area contributed by atoms with Crippen LogP contribution in [-0.4, -0.2) is 0 Å². The summed E-state index contributed by atoms with van der Waals surface area (Å²) in [6.45, 7) is 9.09. The quantitative estimate of drug-likeness (QED) is 0.467. The smallest absolute Gasteiger partial charge is 0.187 e. The molecule has 0 aromatic heterocycles. The fourth-order valence-corrected chi connectivity index (χ4v) is 3.10. The SMILES string of the molecule is [C-]#[N+]c1ccc(C2CCC(CC/C=C\C)CC2)cc1. The van der Waals surface area contributed by atoms with Gasteiger partial charge in [-0.1, -0.05) is 36.4 Å². The Morgan fingerprint density at radius 1 is 1.16 bits per heavy atom. The molecule has 0 amide bonds. The van der Waals surface area contributed by atoms with Gasteiger partial charge in [-0.3, -0.25) is 0 Å². The molecule has 1 aromatic rings. The lowest BCUT2D eigenvalue weighted by Crippen LogP contribution is -2.13. The second-order valence-corrected chi connectivity index (χ2v) is 5.57. The van der Waals surface area contributed by atoms with Crippen LogP contribution in [0.15, 0.2) is 36.4 Å². The van der Waals surface area contributed by atoms with Gasteiger partial charge in [0.25, 0.3) is 0 Å². The summed E-state index contributed by atoms with van der Waals surface area (Å²) in [7, 11) is 0. The summed E-state index contributed by atoms with van der Waals surface area (Å²) in [5.74, 6) is 1.65. The highest BCUT2D eigenvalue weighted by molar-refractivity contribution is 5.45. The minimum Gasteiger partial charge on any atom is -0.238 e. The summed E-state index contributed by atoms with van der Waals surface area (Å²) < 4.78 is 0. The topological polar surface area (TPSA) is 4.36 Å². The summed E-state index contributed by atoms with van der Waals surface area (Å²) in [5, 5.41) is 0. The standard InChI is InChI=1S/C18H23N/c1-3-4-5-6-15-7-9-16(10-8-15)17-11-13-18(19-2)14-12-17/h3-4,11-16H,5-10H2,1H3/b4-3-. The molecule has 1 aromatic carbocycles. The van der Waals surface area contributed by atoms with E-state index >= 15 is 0 Å². The molecule has 2 rings (SSSR count). The first-order valence-electron chi connectivity index (χ1n) is 7.42. The van der Waals surface area contributed by atoms with Crippen LogP contribution in [0.2, 0.25) is 0 Å². The molecule has 0 bridgehead atoms. The van der Waals surface area contributed by atoms with Crippen LogP contribution in [0.1, 0.15) is 56.9 Å². The highest BCUT2D eigenvalue weighted by Gasteiger charge is 2.21. The van der Waals surface area contributed by atoms with E-state index in [2.05, 4.69) is 36.1 Å². The van der Waals surface area contributed by atoms with Crippen molar-refractivity contribution in [1.29, 1.82) is 0 Å². The van der Waals surface area contributed by atoms with Crippen LogP contribution in [0, 0.1) is 12.5 Å². The number of benzene rings is 1. The van der Waals surface area contributed by atoms with E-state index in [0.29, 0.717) is 0 Å². The molecule has 1 fully saturated rings. The van der Waals surface area contributed by atoms with Crippen molar-refractivity contribution < 1.29 is 0 Å². The molecule has 0 N–H and O–H groups in total. The van der Waals surface area contributed by atoms with Gasteiger partial charge in [-0.25, -0.2) is 4.85 Å². The van der Waals surface area contributed by atoms with Gasteiger partial charge in [-0.05, 0) is 62.8 Å². The van der Waals surface area contributed by atoms with Crippen LogP contribution in [0.3, 0.4) is 0 Å². The molecule has 1 nitrogen and oxygen atoms in total. The molecule has 100 valence electrons. The van der Waals surface area contributed by atoms with Crippen LogP contribution in [0.5, 0.6) is 0 Å². The zero-order chi connectivity index (χ0) is 13.5. The zero-order valence-corrected chi connectivity index (χ0v) is 11.8. The molecule has 19 heavy (non-hydrogen) atoms. The lowest BCUT2D eigenvalue weighted by Gasteiger charge is -2.28. The molecule has 1 heteroatoms. The van der Waals surface area contributed by atoms with Crippen LogP contribution >= 0.6 is 0 Å². The molecular formula is C18H23N. The first kappa shape index (κ1) is 13.9. The van der Waals surface area contributed by atoms with Gasteiger partial charge in [0.05, 0.1) is 6.57 Å². The Morgan fingerprint density at radius 3 is 2.42 bits per heavy atom. The maximum absolute atomic E-state index is 6.98. The summed E-state index contributed by atoms with van der Waals surface area (Å²) in [6, 6.07) is 8.22. The first-order valence-corrected chi connectivity index (χ1v) is 7.42. The Bertz CT molecular complexity index is 442. The van der Waals surface area contributed by atoms with Crippen molar-refractivity contribution in [3.63, 3.8) is 0 Å². The maximum atomic E-state index is 6.98. The van der Waals surface area contributed by atoms with Gasteiger partial charge in [-0.15, -0.1) is 0 Å². The van der Waals surface area contributed by atoms with Gasteiger partial charge < -0.3 is 0 Å². The summed E-state index contributed by atoms with van der Waals surface area (Å²) in [6.07, 6.45) is 12.4. The Labute approximate surface area is 117 Å². The van der Waals surface area contributed by atoms with E-state index in [0.717, 1.165) is 17.5 Å². The molecule has 0 atom stereocenters. The predicted molar refractivity (Wildman–Crippen MR) is 81.5 cm³/mol. The highest BCUT2D eigenvalue weighted by Crippen LogP contribution is 2.37. The van der Waals surface area contributed by atoms with Crippen molar-refractivity contribution in [3.05, 3.63) is 53.4 Å². The average Bonchev–Trinajstić information content (AvgIpc) is 2.48. The fourth-order valence-electron chi connectivity index (χ4n) is 3.10. The van der Waals surface area contributed by atoms with Gasteiger partial charge in [-0.2, -0.15) is 0 Å². The Morgan fingerprint density at radius 2 is 1.84 bits per heavy atom. The molecule has 0 spiro atoms. The minimum absolute atomic E-state index is 0.720. The molecule has 1 aliphatic carbocycles. The van der Waals surface area contributed by atoms with Crippen LogP contribution in [0.25, 0.3) is 4.85 Å². The number of nitrogens with zero attached hydrogens (tertiary/aromatic N) is 1. The highest BCUT2D eigenvalue weighted by atomic mass is 14.6. The molecule has 0 radical (unpaired) electrons. The van der Waals surface area contributed by atoms with Crippen LogP contribution in [0.4, 0.5) is 5.69 Å². The van der Waals surface area contributed by atoms with Crippen molar-refractivity contribution in [2.24, 2.45) is 5.92 Å². The summed E-state index contributed by atoms with van der Waals surface area (Å²) in [5.41, 5.74) is 2.18. The average molecular weight is 253 g/mol. The lowest BCUT2D eigenvalue weighted by molar-refractivity contribution is 0.312. The molecule has 1 aliphatic rings. The second-order valence-electron chi connectivity index (χ2n) is 5.57. The van der Waals surface area contributed by atoms with E-state index in [1.807, 2.05) is 12.1 Å². The third-order valence-corrected chi connectivity index (χ3v) is 4.32. The van der Waals surface area contributed by atoms with Gasteiger partial charge in [0.15, 0.2) is 5.69 Å². The van der Waals surface area contributed by atoms with Crippen molar-refractivity contribution in [3.8, 4) is 0 Å². The third kappa shape index (κ3) is 3.96. The van der Waals surface area contributed by atoms with E-state index in [1.165, 1.54) is 44.1 Å². The third-order valence-electron chi connectivity index (χ3n) is 4.32. The maximum Gasteiger partial charge on any atom is 0.187 e. The molecule has 0 aliphatic heterocycles. The van der Waals surface area contributed by atoms with Crippen molar-refractivity contribution in [1.82, 2.24) is 0 Å². The van der Waals surface area contributed by atoms with E-state index < -0.39 is 0 Å². The first-order chi connectivity index (χ1) is 9.33. The van der Waals surface area contributed by atoms with Gasteiger partial charge in [0.1, 0.15) is 0 Å². The molecule has 0 unspecified atom stereocenters. The Balaban J connectivity index is 1.83. The monoisotopic (exact) mass is 253 g/mol. The Hall–Kier alpha value is -1.55. The van der Waals surface area contributed by atoms with E-state index in [9.17, 15) is 0 Å². The lowest BCUT2D eigenvalue weighted by atomic mass is 9.77. The van der Waals surface area contributed by atoms with Crippen molar-refractivity contribution >= 4 is 5.69 Å². The molecule has 1 saturated carbocycles. The summed E-state index contributed by atoms with van der Waals surface area (Å²) in [4.78, 5) is 3.45. The second kappa shape index (κ2) is 7.14. The zero-order valence-electron chi connectivity index (χ0n) is 11.8. The fraction of sp³-hybridized carbons (Fsp3) is 0.500. The molecule has 0 saturated heterocycles. The van der Waals surface area contributed by atoms with Crippen LogP contribution < -0.4 is 0 Å². The number of allylic oxidation sites excluding steroid dienone is 2.